The summed E-state index contributed by atoms with van der Waals surface area (Å²) in [6.45, 7) is 3.98. The van der Waals surface area contributed by atoms with E-state index in [0.717, 1.165) is 28.3 Å². The van der Waals surface area contributed by atoms with E-state index in [1.165, 1.54) is 43.5 Å². The van der Waals surface area contributed by atoms with Gasteiger partial charge >= 0.3 is 0 Å². The molecule has 0 aliphatic carbocycles. The number of piperidine rings is 1. The first-order valence-corrected chi connectivity index (χ1v) is 12.1. The largest absolute Gasteiger partial charge is 0.348 e. The highest BCUT2D eigenvalue weighted by molar-refractivity contribution is 7.98. The van der Waals surface area contributed by atoms with Crippen LogP contribution in [0.4, 0.5) is 0 Å². The summed E-state index contributed by atoms with van der Waals surface area (Å²) in [4.78, 5) is 16.4. The standard InChI is InChI=1S/C27H30N2OS/c30-27(25-11-5-6-12-26(25)31-21-24-9-3-1-4-10-24)28-19-22-13-15-23(16-14-22)20-29-17-7-2-8-18-29/h1,3-6,9-16H,2,7-8,17-21H2,(H,28,30). The summed E-state index contributed by atoms with van der Waals surface area (Å²) < 4.78 is 0. The average molecular weight is 431 g/mol. The van der Waals surface area contributed by atoms with Gasteiger partial charge in [-0.3, -0.25) is 9.69 Å². The highest BCUT2D eigenvalue weighted by Gasteiger charge is 2.12. The van der Waals surface area contributed by atoms with Crippen molar-refractivity contribution in [3.8, 4) is 0 Å². The highest BCUT2D eigenvalue weighted by Crippen LogP contribution is 2.26. The molecule has 0 aromatic heterocycles. The van der Waals surface area contributed by atoms with Crippen molar-refractivity contribution < 1.29 is 4.79 Å². The number of rotatable bonds is 8. The lowest BCUT2D eigenvalue weighted by Crippen LogP contribution is -2.29. The van der Waals surface area contributed by atoms with Gasteiger partial charge in [-0.05, 0) is 54.8 Å². The Kier molecular flexibility index (Phi) is 7.81. The fraction of sp³-hybridized carbons (Fsp3) is 0.296. The summed E-state index contributed by atoms with van der Waals surface area (Å²) >= 11 is 1.70. The van der Waals surface area contributed by atoms with Crippen LogP contribution in [0, 0.1) is 0 Å². The van der Waals surface area contributed by atoms with Crippen LogP contribution in [0.1, 0.15) is 46.3 Å². The molecule has 1 N–H and O–H groups in total. The van der Waals surface area contributed by atoms with Crippen molar-refractivity contribution in [2.45, 2.75) is 43.0 Å². The van der Waals surface area contributed by atoms with Crippen LogP contribution >= 0.6 is 11.8 Å². The van der Waals surface area contributed by atoms with Crippen LogP contribution in [-0.2, 0) is 18.8 Å². The van der Waals surface area contributed by atoms with Gasteiger partial charge in [0.15, 0.2) is 0 Å². The molecule has 0 spiro atoms. The lowest BCUT2D eigenvalue weighted by atomic mass is 10.1. The molecule has 1 saturated heterocycles. The van der Waals surface area contributed by atoms with Gasteiger partial charge in [0, 0.05) is 23.7 Å². The molecule has 160 valence electrons. The lowest BCUT2D eigenvalue weighted by Gasteiger charge is -2.26. The smallest absolute Gasteiger partial charge is 0.252 e. The van der Waals surface area contributed by atoms with Crippen molar-refractivity contribution in [2.75, 3.05) is 13.1 Å². The van der Waals surface area contributed by atoms with Gasteiger partial charge in [-0.15, -0.1) is 11.8 Å². The number of amides is 1. The Morgan fingerprint density at radius 2 is 1.45 bits per heavy atom. The van der Waals surface area contributed by atoms with E-state index in [9.17, 15) is 4.79 Å². The third-order valence-corrected chi connectivity index (χ3v) is 6.84. The van der Waals surface area contributed by atoms with Crippen LogP contribution in [0.3, 0.4) is 0 Å². The van der Waals surface area contributed by atoms with E-state index in [1.807, 2.05) is 42.5 Å². The Bertz CT molecular complexity index is 966. The molecule has 1 amide bonds. The fourth-order valence-corrected chi connectivity index (χ4v) is 4.94. The van der Waals surface area contributed by atoms with Crippen LogP contribution in [0.25, 0.3) is 0 Å². The first kappa shape index (κ1) is 21.7. The van der Waals surface area contributed by atoms with E-state index in [1.54, 1.807) is 11.8 Å². The minimum Gasteiger partial charge on any atom is -0.348 e. The number of carbonyl (C=O) groups excluding carboxylic acids is 1. The number of thioether (sulfide) groups is 1. The third kappa shape index (κ3) is 6.46. The van der Waals surface area contributed by atoms with Gasteiger partial charge in [0.25, 0.3) is 5.91 Å². The Morgan fingerprint density at radius 1 is 0.774 bits per heavy atom. The molecular weight excluding hydrogens is 400 g/mol. The normalized spacial score (nSPS) is 14.3. The summed E-state index contributed by atoms with van der Waals surface area (Å²) in [5.41, 5.74) is 4.47. The monoisotopic (exact) mass is 430 g/mol. The van der Waals surface area contributed by atoms with Gasteiger partial charge < -0.3 is 5.32 Å². The van der Waals surface area contributed by atoms with Crippen molar-refractivity contribution in [1.82, 2.24) is 10.2 Å². The molecule has 0 radical (unpaired) electrons. The molecule has 0 saturated carbocycles. The highest BCUT2D eigenvalue weighted by atomic mass is 32.2. The fourth-order valence-electron chi connectivity index (χ4n) is 3.93. The van der Waals surface area contributed by atoms with Crippen molar-refractivity contribution >= 4 is 17.7 Å². The second-order valence-corrected chi connectivity index (χ2v) is 9.12. The van der Waals surface area contributed by atoms with Crippen LogP contribution in [0.2, 0.25) is 0 Å². The Labute approximate surface area is 189 Å². The van der Waals surface area contributed by atoms with Gasteiger partial charge in [-0.2, -0.15) is 0 Å². The van der Waals surface area contributed by atoms with Gasteiger partial charge in [-0.25, -0.2) is 0 Å². The number of nitrogens with one attached hydrogen (secondary N) is 1. The van der Waals surface area contributed by atoms with Crippen LogP contribution in [0.15, 0.2) is 83.8 Å². The maximum Gasteiger partial charge on any atom is 0.252 e. The van der Waals surface area contributed by atoms with Gasteiger partial charge in [-0.1, -0.05) is 73.2 Å². The van der Waals surface area contributed by atoms with E-state index in [2.05, 4.69) is 46.6 Å². The summed E-state index contributed by atoms with van der Waals surface area (Å²) in [6, 6.07) is 26.9. The molecule has 1 fully saturated rings. The van der Waals surface area contributed by atoms with Crippen molar-refractivity contribution in [3.63, 3.8) is 0 Å². The Hall–Kier alpha value is -2.56. The number of hydrogen-bond acceptors (Lipinski definition) is 3. The summed E-state index contributed by atoms with van der Waals surface area (Å²) in [5, 5.41) is 3.09. The van der Waals surface area contributed by atoms with Crippen molar-refractivity contribution in [1.29, 1.82) is 0 Å². The molecule has 31 heavy (non-hydrogen) atoms. The summed E-state index contributed by atoms with van der Waals surface area (Å²) in [5.74, 6) is 0.831. The van der Waals surface area contributed by atoms with Gasteiger partial charge in [0.05, 0.1) is 5.56 Å². The van der Waals surface area contributed by atoms with E-state index in [0.29, 0.717) is 6.54 Å². The zero-order chi connectivity index (χ0) is 21.3. The second kappa shape index (κ2) is 11.2. The first-order valence-electron chi connectivity index (χ1n) is 11.1. The molecule has 0 atom stereocenters. The molecule has 4 heteroatoms. The van der Waals surface area contributed by atoms with E-state index < -0.39 is 0 Å². The van der Waals surface area contributed by atoms with E-state index in [-0.39, 0.29) is 5.91 Å². The molecule has 3 aromatic rings. The molecule has 3 nitrogen and oxygen atoms in total. The predicted molar refractivity (Wildman–Crippen MR) is 129 cm³/mol. The molecule has 1 aliphatic heterocycles. The molecule has 1 aliphatic rings. The minimum atomic E-state index is -0.0199. The topological polar surface area (TPSA) is 32.3 Å². The number of nitrogens with zero attached hydrogens (tertiary/aromatic N) is 1. The quantitative estimate of drug-likeness (QED) is 0.452. The molecule has 0 unspecified atom stereocenters. The van der Waals surface area contributed by atoms with Crippen LogP contribution < -0.4 is 5.32 Å². The predicted octanol–water partition coefficient (Wildman–Crippen LogP) is 5.89. The summed E-state index contributed by atoms with van der Waals surface area (Å²) in [7, 11) is 0. The summed E-state index contributed by atoms with van der Waals surface area (Å²) in [6.07, 6.45) is 3.99. The Balaban J connectivity index is 1.31. The molecule has 0 bridgehead atoms. The van der Waals surface area contributed by atoms with E-state index in [4.69, 9.17) is 0 Å². The SMILES string of the molecule is O=C(NCc1ccc(CN2CCCCC2)cc1)c1ccccc1SCc1ccccc1. The number of hydrogen-bond donors (Lipinski definition) is 1. The zero-order valence-corrected chi connectivity index (χ0v) is 18.7. The zero-order valence-electron chi connectivity index (χ0n) is 17.9. The lowest BCUT2D eigenvalue weighted by molar-refractivity contribution is 0.0948. The van der Waals surface area contributed by atoms with Crippen molar-refractivity contribution in [2.24, 2.45) is 0 Å². The first-order chi connectivity index (χ1) is 15.3. The van der Waals surface area contributed by atoms with Crippen LogP contribution in [-0.4, -0.2) is 23.9 Å². The maximum atomic E-state index is 12.8. The average Bonchev–Trinajstić information content (AvgIpc) is 2.83. The molecule has 1 heterocycles. The minimum absolute atomic E-state index is 0.0199. The number of benzene rings is 3. The van der Waals surface area contributed by atoms with Crippen molar-refractivity contribution in [3.05, 3.63) is 101 Å². The number of likely N-dealkylation sites (tertiary alicyclic amines) is 1. The number of carbonyl (C=O) groups is 1. The van der Waals surface area contributed by atoms with Gasteiger partial charge in [0.1, 0.15) is 0 Å². The van der Waals surface area contributed by atoms with Crippen LogP contribution in [0.5, 0.6) is 0 Å². The molecule has 4 rings (SSSR count). The molecule has 3 aromatic carbocycles. The third-order valence-electron chi connectivity index (χ3n) is 5.70. The van der Waals surface area contributed by atoms with Gasteiger partial charge in [0.2, 0.25) is 0 Å². The maximum absolute atomic E-state index is 12.8. The van der Waals surface area contributed by atoms with E-state index >= 15 is 0 Å². The second-order valence-electron chi connectivity index (χ2n) is 8.11. The molecular formula is C27H30N2OS. The Morgan fingerprint density at radius 3 is 2.23 bits per heavy atom.